The molecule has 2 rings (SSSR count). The zero-order valence-electron chi connectivity index (χ0n) is 12.5. The van der Waals surface area contributed by atoms with Gasteiger partial charge in [0.2, 0.25) is 0 Å². The summed E-state index contributed by atoms with van der Waals surface area (Å²) >= 11 is 9.64. The van der Waals surface area contributed by atoms with Crippen LogP contribution in [0, 0.1) is 6.92 Å². The van der Waals surface area contributed by atoms with Crippen LogP contribution in [0.15, 0.2) is 22.7 Å². The summed E-state index contributed by atoms with van der Waals surface area (Å²) in [4.78, 5) is 8.96. The van der Waals surface area contributed by atoms with Crippen LogP contribution in [-0.4, -0.2) is 9.97 Å². The van der Waals surface area contributed by atoms with E-state index in [1.165, 1.54) is 0 Å². The Morgan fingerprint density at radius 1 is 1.24 bits per heavy atom. The molecule has 0 saturated heterocycles. The van der Waals surface area contributed by atoms with Crippen molar-refractivity contribution < 1.29 is 0 Å². The average molecular weight is 370 g/mol. The summed E-state index contributed by atoms with van der Waals surface area (Å²) in [7, 11) is 0. The highest BCUT2D eigenvalue weighted by molar-refractivity contribution is 9.10. The lowest BCUT2D eigenvalue weighted by atomic mass is 9.95. The zero-order chi connectivity index (χ0) is 15.8. The first kappa shape index (κ1) is 16.0. The highest BCUT2D eigenvalue weighted by atomic mass is 79.9. The number of hydrogen-bond donors (Lipinski definition) is 2. The second kappa shape index (κ2) is 5.81. The second-order valence-electron chi connectivity index (χ2n) is 5.91. The van der Waals surface area contributed by atoms with E-state index in [1.54, 1.807) is 0 Å². The molecule has 0 fully saturated rings. The molecule has 0 saturated carbocycles. The number of nitrogens with two attached hydrogens (primary N) is 1. The average Bonchev–Trinajstić information content (AvgIpc) is 2.37. The predicted molar refractivity (Wildman–Crippen MR) is 92.3 cm³/mol. The van der Waals surface area contributed by atoms with Gasteiger partial charge in [0, 0.05) is 15.5 Å². The largest absolute Gasteiger partial charge is 0.383 e. The SMILES string of the molecule is Cc1c(N)nc(C(C)(C)C)nc1Nc1cc(Br)ccc1Cl. The number of nitrogens with one attached hydrogen (secondary N) is 1. The molecule has 1 aromatic carbocycles. The summed E-state index contributed by atoms with van der Waals surface area (Å²) in [6, 6.07) is 5.60. The van der Waals surface area contributed by atoms with Crippen molar-refractivity contribution in [3.63, 3.8) is 0 Å². The summed E-state index contributed by atoms with van der Waals surface area (Å²) in [6.07, 6.45) is 0. The second-order valence-corrected chi connectivity index (χ2v) is 7.23. The highest BCUT2D eigenvalue weighted by Crippen LogP contribution is 2.31. The maximum Gasteiger partial charge on any atom is 0.139 e. The Balaban J connectivity index is 2.49. The van der Waals surface area contributed by atoms with Crippen molar-refractivity contribution in [2.45, 2.75) is 33.1 Å². The summed E-state index contributed by atoms with van der Waals surface area (Å²) in [5.41, 5.74) is 7.40. The van der Waals surface area contributed by atoms with Crippen molar-refractivity contribution in [1.29, 1.82) is 0 Å². The maximum atomic E-state index is 6.21. The van der Waals surface area contributed by atoms with Gasteiger partial charge in [0.15, 0.2) is 0 Å². The quantitative estimate of drug-likeness (QED) is 0.796. The van der Waals surface area contributed by atoms with Gasteiger partial charge >= 0.3 is 0 Å². The monoisotopic (exact) mass is 368 g/mol. The van der Waals surface area contributed by atoms with Crippen LogP contribution in [-0.2, 0) is 5.41 Å². The molecule has 0 radical (unpaired) electrons. The van der Waals surface area contributed by atoms with Gasteiger partial charge in [0.25, 0.3) is 0 Å². The Hall–Kier alpha value is -1.33. The van der Waals surface area contributed by atoms with E-state index >= 15 is 0 Å². The highest BCUT2D eigenvalue weighted by Gasteiger charge is 2.20. The van der Waals surface area contributed by atoms with Crippen LogP contribution < -0.4 is 11.1 Å². The minimum absolute atomic E-state index is 0.181. The topological polar surface area (TPSA) is 63.8 Å². The molecule has 1 aromatic heterocycles. The van der Waals surface area contributed by atoms with Crippen LogP contribution in [0.1, 0.15) is 32.2 Å². The van der Waals surface area contributed by atoms with E-state index in [9.17, 15) is 0 Å². The van der Waals surface area contributed by atoms with Crippen LogP contribution in [0.2, 0.25) is 5.02 Å². The van der Waals surface area contributed by atoms with Crippen LogP contribution in [0.4, 0.5) is 17.3 Å². The molecule has 6 heteroatoms. The first-order valence-electron chi connectivity index (χ1n) is 6.55. The van der Waals surface area contributed by atoms with Gasteiger partial charge in [-0.3, -0.25) is 0 Å². The lowest BCUT2D eigenvalue weighted by molar-refractivity contribution is 0.546. The molecular formula is C15H18BrClN4. The van der Waals surface area contributed by atoms with Crippen molar-refractivity contribution in [2.24, 2.45) is 0 Å². The van der Waals surface area contributed by atoms with Gasteiger partial charge in [-0.25, -0.2) is 9.97 Å². The number of benzene rings is 1. The third-order valence-electron chi connectivity index (χ3n) is 3.04. The summed E-state index contributed by atoms with van der Waals surface area (Å²) < 4.78 is 0.935. The molecule has 0 atom stereocenters. The molecule has 2 aromatic rings. The molecule has 0 aliphatic rings. The number of nitrogen functional groups attached to an aromatic ring is 1. The van der Waals surface area contributed by atoms with Crippen molar-refractivity contribution in [3.8, 4) is 0 Å². The summed E-state index contributed by atoms with van der Waals surface area (Å²) in [6.45, 7) is 8.03. The molecule has 0 spiro atoms. The molecule has 1 heterocycles. The first-order chi connectivity index (χ1) is 9.68. The Morgan fingerprint density at radius 3 is 2.52 bits per heavy atom. The Labute approximate surface area is 138 Å². The van der Waals surface area contributed by atoms with Gasteiger partial charge in [-0.1, -0.05) is 48.3 Å². The van der Waals surface area contributed by atoms with Crippen LogP contribution in [0.25, 0.3) is 0 Å². The zero-order valence-corrected chi connectivity index (χ0v) is 14.8. The van der Waals surface area contributed by atoms with Crippen molar-refractivity contribution >= 4 is 44.9 Å². The fraction of sp³-hybridized carbons (Fsp3) is 0.333. The minimum Gasteiger partial charge on any atom is -0.383 e. The number of hydrogen-bond acceptors (Lipinski definition) is 4. The molecule has 0 aliphatic carbocycles. The fourth-order valence-corrected chi connectivity index (χ4v) is 2.24. The molecule has 4 nitrogen and oxygen atoms in total. The Morgan fingerprint density at radius 2 is 1.90 bits per heavy atom. The van der Waals surface area contributed by atoms with E-state index in [4.69, 9.17) is 17.3 Å². The van der Waals surface area contributed by atoms with Crippen molar-refractivity contribution in [1.82, 2.24) is 9.97 Å². The molecule has 0 bridgehead atoms. The number of halogens is 2. The molecule has 112 valence electrons. The lowest BCUT2D eigenvalue weighted by Gasteiger charge is -2.20. The van der Waals surface area contributed by atoms with E-state index in [-0.39, 0.29) is 5.41 Å². The normalized spacial score (nSPS) is 11.5. The van der Waals surface area contributed by atoms with Crippen LogP contribution in [0.3, 0.4) is 0 Å². The molecule has 3 N–H and O–H groups in total. The summed E-state index contributed by atoms with van der Waals surface area (Å²) in [5.74, 6) is 1.84. The van der Waals surface area contributed by atoms with E-state index in [0.29, 0.717) is 22.5 Å². The standard InChI is InChI=1S/C15H18BrClN4/c1-8-12(18)20-14(15(2,3)4)21-13(8)19-11-7-9(16)5-6-10(11)17/h5-7H,1-4H3,(H3,18,19,20,21). The van der Waals surface area contributed by atoms with Gasteiger partial charge in [-0.15, -0.1) is 0 Å². The smallest absolute Gasteiger partial charge is 0.139 e. The number of anilines is 3. The third-order valence-corrected chi connectivity index (χ3v) is 3.86. The predicted octanol–water partition coefficient (Wildman–Crippen LogP) is 4.82. The van der Waals surface area contributed by atoms with E-state index in [1.807, 2.05) is 45.9 Å². The fourth-order valence-electron chi connectivity index (χ4n) is 1.71. The van der Waals surface area contributed by atoms with Gasteiger partial charge in [0.05, 0.1) is 10.7 Å². The summed E-state index contributed by atoms with van der Waals surface area (Å²) in [5, 5.41) is 3.86. The third kappa shape index (κ3) is 3.66. The van der Waals surface area contributed by atoms with E-state index in [0.717, 1.165) is 15.7 Å². The van der Waals surface area contributed by atoms with E-state index in [2.05, 4.69) is 31.2 Å². The minimum atomic E-state index is -0.181. The van der Waals surface area contributed by atoms with E-state index < -0.39 is 0 Å². The first-order valence-corrected chi connectivity index (χ1v) is 7.72. The van der Waals surface area contributed by atoms with Crippen LogP contribution >= 0.6 is 27.5 Å². The van der Waals surface area contributed by atoms with Gasteiger partial charge in [-0.2, -0.15) is 0 Å². The number of nitrogens with zero attached hydrogens (tertiary/aromatic N) is 2. The lowest BCUT2D eigenvalue weighted by Crippen LogP contribution is -2.18. The Kier molecular flexibility index (Phi) is 4.44. The number of aromatic nitrogens is 2. The van der Waals surface area contributed by atoms with Gasteiger partial charge in [0.1, 0.15) is 17.5 Å². The van der Waals surface area contributed by atoms with Crippen molar-refractivity contribution in [2.75, 3.05) is 11.1 Å². The molecule has 0 unspecified atom stereocenters. The van der Waals surface area contributed by atoms with Gasteiger partial charge < -0.3 is 11.1 Å². The van der Waals surface area contributed by atoms with Gasteiger partial charge in [-0.05, 0) is 25.1 Å². The Bertz CT molecular complexity index is 680. The molecule has 0 amide bonds. The van der Waals surface area contributed by atoms with Crippen molar-refractivity contribution in [3.05, 3.63) is 39.1 Å². The molecule has 0 aliphatic heterocycles. The number of rotatable bonds is 2. The van der Waals surface area contributed by atoms with Crippen LogP contribution in [0.5, 0.6) is 0 Å². The molecular weight excluding hydrogens is 352 g/mol. The maximum absolute atomic E-state index is 6.21. The molecule has 21 heavy (non-hydrogen) atoms.